The first kappa shape index (κ1) is 21.1. The molecule has 0 aliphatic carbocycles. The molecule has 0 atom stereocenters. The van der Waals surface area contributed by atoms with Crippen LogP contribution in [0.25, 0.3) is 11.4 Å². The molecule has 1 saturated heterocycles. The van der Waals surface area contributed by atoms with E-state index in [1.807, 2.05) is 48.5 Å². The van der Waals surface area contributed by atoms with Crippen LogP contribution < -0.4 is 10.1 Å². The van der Waals surface area contributed by atoms with Crippen molar-refractivity contribution in [2.45, 2.75) is 32.1 Å². The molecule has 1 aliphatic rings. The minimum Gasteiger partial charge on any atom is -0.497 e. The molecule has 1 aliphatic heterocycles. The van der Waals surface area contributed by atoms with Crippen molar-refractivity contribution >= 4 is 11.6 Å². The van der Waals surface area contributed by atoms with Gasteiger partial charge in [0.05, 0.1) is 13.7 Å². The van der Waals surface area contributed by atoms with Crippen molar-refractivity contribution in [1.82, 2.24) is 15.0 Å². The van der Waals surface area contributed by atoms with Crippen molar-refractivity contribution < 1.29 is 14.1 Å². The summed E-state index contributed by atoms with van der Waals surface area (Å²) in [6.45, 7) is 4.15. The fourth-order valence-electron chi connectivity index (χ4n) is 3.85. The van der Waals surface area contributed by atoms with Gasteiger partial charge in [-0.25, -0.2) is 0 Å². The number of benzene rings is 2. The molecule has 4 rings (SSSR count). The van der Waals surface area contributed by atoms with Gasteiger partial charge in [-0.2, -0.15) is 4.98 Å². The number of hydrogen-bond donors (Lipinski definition) is 1. The molecule has 0 bridgehead atoms. The van der Waals surface area contributed by atoms with Crippen LogP contribution in [0.3, 0.4) is 0 Å². The Kier molecular flexibility index (Phi) is 6.62. The van der Waals surface area contributed by atoms with E-state index in [0.29, 0.717) is 18.3 Å². The first-order chi connectivity index (χ1) is 15.1. The van der Waals surface area contributed by atoms with Crippen LogP contribution in [0.15, 0.2) is 53.1 Å². The second-order valence-corrected chi connectivity index (χ2v) is 7.84. The van der Waals surface area contributed by atoms with Gasteiger partial charge in [0, 0.05) is 17.2 Å². The number of ether oxygens (including phenoxy) is 1. The van der Waals surface area contributed by atoms with Gasteiger partial charge in [0.15, 0.2) is 0 Å². The highest BCUT2D eigenvalue weighted by atomic mass is 16.5. The Hall–Kier alpha value is -3.19. The van der Waals surface area contributed by atoms with Crippen LogP contribution >= 0.6 is 0 Å². The Morgan fingerprint density at radius 3 is 2.68 bits per heavy atom. The molecule has 31 heavy (non-hydrogen) atoms. The van der Waals surface area contributed by atoms with Crippen LogP contribution in [0.1, 0.15) is 37.1 Å². The lowest BCUT2D eigenvalue weighted by Gasteiger charge is -2.29. The SMILES string of the molecule is CCc1ccc(NC(=O)CN2CCC(c3nc(-c4cccc(OC)c4)no3)CC2)cc1. The fourth-order valence-corrected chi connectivity index (χ4v) is 3.85. The molecule has 0 saturated carbocycles. The quantitative estimate of drug-likeness (QED) is 0.619. The Morgan fingerprint density at radius 2 is 1.97 bits per heavy atom. The van der Waals surface area contributed by atoms with E-state index < -0.39 is 0 Å². The number of likely N-dealkylation sites (tertiary alicyclic amines) is 1. The zero-order valence-corrected chi connectivity index (χ0v) is 18.0. The topological polar surface area (TPSA) is 80.5 Å². The normalized spacial score (nSPS) is 15.0. The van der Waals surface area contributed by atoms with Crippen molar-refractivity contribution in [1.29, 1.82) is 0 Å². The van der Waals surface area contributed by atoms with Gasteiger partial charge in [-0.3, -0.25) is 9.69 Å². The van der Waals surface area contributed by atoms with Crippen molar-refractivity contribution in [2.75, 3.05) is 32.1 Å². The van der Waals surface area contributed by atoms with Crippen molar-refractivity contribution in [3.05, 3.63) is 60.0 Å². The third kappa shape index (κ3) is 5.30. The lowest BCUT2D eigenvalue weighted by Crippen LogP contribution is -2.38. The van der Waals surface area contributed by atoms with E-state index in [0.717, 1.165) is 49.4 Å². The van der Waals surface area contributed by atoms with Crippen LogP contribution in [0.4, 0.5) is 5.69 Å². The average Bonchev–Trinajstić information content (AvgIpc) is 3.30. The van der Waals surface area contributed by atoms with Crippen LogP contribution in [-0.2, 0) is 11.2 Å². The number of nitrogens with zero attached hydrogens (tertiary/aromatic N) is 3. The molecule has 0 spiro atoms. The molecule has 7 nitrogen and oxygen atoms in total. The van der Waals surface area contributed by atoms with E-state index in [1.54, 1.807) is 7.11 Å². The Balaban J connectivity index is 1.28. The molecule has 1 amide bonds. The predicted octanol–water partition coefficient (Wildman–Crippen LogP) is 4.13. The number of amides is 1. The molecular formula is C24H28N4O3. The highest BCUT2D eigenvalue weighted by Crippen LogP contribution is 2.29. The fraction of sp³-hybridized carbons (Fsp3) is 0.375. The van der Waals surface area contributed by atoms with Crippen LogP contribution in [0.2, 0.25) is 0 Å². The van der Waals surface area contributed by atoms with Gasteiger partial charge in [0.1, 0.15) is 5.75 Å². The number of aromatic nitrogens is 2. The third-order valence-electron chi connectivity index (χ3n) is 5.72. The molecular weight excluding hydrogens is 392 g/mol. The molecule has 1 N–H and O–H groups in total. The summed E-state index contributed by atoms with van der Waals surface area (Å²) >= 11 is 0. The van der Waals surface area contributed by atoms with Gasteiger partial charge < -0.3 is 14.6 Å². The summed E-state index contributed by atoms with van der Waals surface area (Å²) < 4.78 is 10.8. The molecule has 1 fully saturated rings. The Labute approximate surface area is 182 Å². The second-order valence-electron chi connectivity index (χ2n) is 7.84. The lowest BCUT2D eigenvalue weighted by molar-refractivity contribution is -0.117. The third-order valence-corrected chi connectivity index (χ3v) is 5.72. The number of rotatable bonds is 7. The van der Waals surface area contributed by atoms with Gasteiger partial charge in [-0.15, -0.1) is 0 Å². The van der Waals surface area contributed by atoms with Gasteiger partial charge in [-0.05, 0) is 62.2 Å². The smallest absolute Gasteiger partial charge is 0.238 e. The predicted molar refractivity (Wildman–Crippen MR) is 119 cm³/mol. The number of methoxy groups -OCH3 is 1. The number of anilines is 1. The standard InChI is InChI=1S/C24H28N4O3/c1-3-17-7-9-20(10-8-17)25-22(29)16-28-13-11-18(12-14-28)24-26-23(27-31-24)19-5-4-6-21(15-19)30-2/h4-10,15,18H,3,11-14,16H2,1-2H3,(H,25,29). The Bertz CT molecular complexity index is 1010. The van der Waals surface area contributed by atoms with Crippen LogP contribution in [-0.4, -0.2) is 47.7 Å². The molecule has 0 radical (unpaired) electrons. The highest BCUT2D eigenvalue weighted by molar-refractivity contribution is 5.92. The maximum absolute atomic E-state index is 12.4. The number of nitrogens with one attached hydrogen (secondary N) is 1. The molecule has 1 aromatic heterocycles. The lowest BCUT2D eigenvalue weighted by atomic mass is 9.97. The maximum atomic E-state index is 12.4. The van der Waals surface area contributed by atoms with E-state index >= 15 is 0 Å². The highest BCUT2D eigenvalue weighted by Gasteiger charge is 2.26. The number of piperidine rings is 1. The number of hydrogen-bond acceptors (Lipinski definition) is 6. The van der Waals surface area contributed by atoms with Gasteiger partial charge in [0.25, 0.3) is 0 Å². The summed E-state index contributed by atoms with van der Waals surface area (Å²) in [4.78, 5) is 19.2. The first-order valence-electron chi connectivity index (χ1n) is 10.7. The largest absolute Gasteiger partial charge is 0.497 e. The van der Waals surface area contributed by atoms with Gasteiger partial charge >= 0.3 is 0 Å². The van der Waals surface area contributed by atoms with Gasteiger partial charge in [0.2, 0.25) is 17.6 Å². The second kappa shape index (κ2) is 9.75. The van der Waals surface area contributed by atoms with Crippen molar-refractivity contribution in [2.24, 2.45) is 0 Å². The van der Waals surface area contributed by atoms with Crippen LogP contribution in [0.5, 0.6) is 5.75 Å². The maximum Gasteiger partial charge on any atom is 0.238 e. The van der Waals surface area contributed by atoms with Gasteiger partial charge in [-0.1, -0.05) is 36.3 Å². The summed E-state index contributed by atoms with van der Waals surface area (Å²) in [5.41, 5.74) is 2.97. The molecule has 7 heteroatoms. The first-order valence-corrected chi connectivity index (χ1v) is 10.7. The molecule has 162 valence electrons. The molecule has 2 heterocycles. The summed E-state index contributed by atoms with van der Waals surface area (Å²) in [6, 6.07) is 15.6. The summed E-state index contributed by atoms with van der Waals surface area (Å²) in [5.74, 6) is 2.23. The molecule has 0 unspecified atom stereocenters. The molecule has 3 aromatic rings. The van der Waals surface area contributed by atoms with E-state index in [-0.39, 0.29) is 11.8 Å². The molecule has 2 aromatic carbocycles. The zero-order chi connectivity index (χ0) is 21.6. The number of carbonyl (C=O) groups excluding carboxylic acids is 1. The zero-order valence-electron chi connectivity index (χ0n) is 18.0. The Morgan fingerprint density at radius 1 is 1.19 bits per heavy atom. The monoisotopic (exact) mass is 420 g/mol. The minimum absolute atomic E-state index is 0.0146. The number of carbonyl (C=O) groups is 1. The summed E-state index contributed by atoms with van der Waals surface area (Å²) in [6.07, 6.45) is 2.76. The van der Waals surface area contributed by atoms with E-state index in [4.69, 9.17) is 9.26 Å². The van der Waals surface area contributed by atoms with Crippen molar-refractivity contribution in [3.63, 3.8) is 0 Å². The van der Waals surface area contributed by atoms with Crippen LogP contribution in [0, 0.1) is 0 Å². The number of aryl methyl sites for hydroxylation is 1. The van der Waals surface area contributed by atoms with E-state index in [9.17, 15) is 4.79 Å². The summed E-state index contributed by atoms with van der Waals surface area (Å²) in [5, 5.41) is 7.13. The average molecular weight is 421 g/mol. The van der Waals surface area contributed by atoms with E-state index in [2.05, 4.69) is 27.3 Å². The van der Waals surface area contributed by atoms with E-state index in [1.165, 1.54) is 5.56 Å². The summed E-state index contributed by atoms with van der Waals surface area (Å²) in [7, 11) is 1.64. The minimum atomic E-state index is 0.0146. The van der Waals surface area contributed by atoms with Crippen molar-refractivity contribution in [3.8, 4) is 17.1 Å².